The lowest BCUT2D eigenvalue weighted by atomic mass is 10.2. The summed E-state index contributed by atoms with van der Waals surface area (Å²) in [7, 11) is 1.62. The molecule has 0 saturated carbocycles. The molecule has 0 aliphatic heterocycles. The zero-order valence-electron chi connectivity index (χ0n) is 16.7. The van der Waals surface area contributed by atoms with Crippen molar-refractivity contribution in [3.05, 3.63) is 81.3 Å². The Hall–Kier alpha value is -2.70. The molecule has 3 rings (SSSR count). The van der Waals surface area contributed by atoms with Crippen LogP contribution in [0.2, 0.25) is 5.02 Å². The molecule has 0 aliphatic rings. The average Bonchev–Trinajstić information content (AvgIpc) is 2.73. The summed E-state index contributed by atoms with van der Waals surface area (Å²) < 4.78 is 12.3. The molecule has 0 spiro atoms. The number of benzene rings is 3. The van der Waals surface area contributed by atoms with Crippen LogP contribution < -0.4 is 20.1 Å². The highest BCUT2D eigenvalue weighted by Gasteiger charge is 2.12. The Kier molecular flexibility index (Phi) is 7.60. The number of halogens is 2. The zero-order valence-corrected chi connectivity index (χ0v) is 19.0. The van der Waals surface area contributed by atoms with Gasteiger partial charge in [0.1, 0.15) is 6.61 Å². The van der Waals surface area contributed by atoms with Gasteiger partial charge in [-0.2, -0.15) is 0 Å². The lowest BCUT2D eigenvalue weighted by Gasteiger charge is -2.15. The first-order chi connectivity index (χ1) is 14.4. The molecule has 0 aromatic heterocycles. The standard InChI is InChI=1S/C23H22BrClN2O3/c1-15(28)27-20-9-7-19(8-10-20)26-13-17-11-21(24)23(22(12-17)29-2)30-14-16-3-5-18(25)6-4-16/h3-12,26H,13-14H2,1-2H3,(H,27,28). The second kappa shape index (κ2) is 10.4. The van der Waals surface area contributed by atoms with Gasteiger partial charge in [-0.1, -0.05) is 23.7 Å². The van der Waals surface area contributed by atoms with Gasteiger partial charge in [-0.15, -0.1) is 0 Å². The molecule has 0 heterocycles. The summed E-state index contributed by atoms with van der Waals surface area (Å²) in [6.45, 7) is 2.50. The van der Waals surface area contributed by atoms with Crippen LogP contribution in [0.15, 0.2) is 65.1 Å². The quantitative estimate of drug-likeness (QED) is 0.392. The van der Waals surface area contributed by atoms with Gasteiger partial charge in [-0.25, -0.2) is 0 Å². The molecule has 30 heavy (non-hydrogen) atoms. The van der Waals surface area contributed by atoms with E-state index in [0.29, 0.717) is 29.7 Å². The van der Waals surface area contributed by atoms with E-state index >= 15 is 0 Å². The van der Waals surface area contributed by atoms with Crippen LogP contribution in [-0.4, -0.2) is 13.0 Å². The van der Waals surface area contributed by atoms with Gasteiger partial charge < -0.3 is 20.1 Å². The van der Waals surface area contributed by atoms with E-state index in [1.165, 1.54) is 6.92 Å². The minimum atomic E-state index is -0.0916. The molecule has 0 radical (unpaired) electrons. The highest BCUT2D eigenvalue weighted by Crippen LogP contribution is 2.37. The smallest absolute Gasteiger partial charge is 0.221 e. The molecule has 0 saturated heterocycles. The largest absolute Gasteiger partial charge is 0.493 e. The van der Waals surface area contributed by atoms with E-state index < -0.39 is 0 Å². The topological polar surface area (TPSA) is 59.6 Å². The van der Waals surface area contributed by atoms with Crippen LogP contribution in [0, 0.1) is 0 Å². The second-order valence-electron chi connectivity index (χ2n) is 6.64. The predicted molar refractivity (Wildman–Crippen MR) is 125 cm³/mol. The Balaban J connectivity index is 1.65. The minimum absolute atomic E-state index is 0.0916. The second-order valence-corrected chi connectivity index (χ2v) is 7.93. The fraction of sp³-hybridized carbons (Fsp3) is 0.174. The van der Waals surface area contributed by atoms with Crippen LogP contribution in [-0.2, 0) is 17.9 Å². The Morgan fingerprint density at radius 3 is 2.30 bits per heavy atom. The SMILES string of the molecule is COc1cc(CNc2ccc(NC(C)=O)cc2)cc(Br)c1OCc1ccc(Cl)cc1. The number of hydrogen-bond acceptors (Lipinski definition) is 4. The fourth-order valence-electron chi connectivity index (χ4n) is 2.83. The van der Waals surface area contributed by atoms with Gasteiger partial charge in [-0.3, -0.25) is 4.79 Å². The first kappa shape index (κ1) is 22.0. The van der Waals surface area contributed by atoms with Crippen molar-refractivity contribution in [2.45, 2.75) is 20.1 Å². The summed E-state index contributed by atoms with van der Waals surface area (Å²) in [6, 6.07) is 19.0. The maximum absolute atomic E-state index is 11.1. The fourth-order valence-corrected chi connectivity index (χ4v) is 3.56. The van der Waals surface area contributed by atoms with Gasteiger partial charge >= 0.3 is 0 Å². The Bertz CT molecular complexity index is 1010. The van der Waals surface area contributed by atoms with E-state index in [0.717, 1.165) is 27.0 Å². The van der Waals surface area contributed by atoms with E-state index in [4.69, 9.17) is 21.1 Å². The molecular formula is C23H22BrClN2O3. The van der Waals surface area contributed by atoms with Crippen LogP contribution in [0.5, 0.6) is 11.5 Å². The summed E-state index contributed by atoms with van der Waals surface area (Å²) >= 11 is 9.52. The molecule has 0 fully saturated rings. The Morgan fingerprint density at radius 2 is 1.67 bits per heavy atom. The van der Waals surface area contributed by atoms with E-state index in [2.05, 4.69) is 26.6 Å². The first-order valence-electron chi connectivity index (χ1n) is 9.30. The molecular weight excluding hydrogens is 468 g/mol. The van der Waals surface area contributed by atoms with Gasteiger partial charge in [0, 0.05) is 29.9 Å². The van der Waals surface area contributed by atoms with E-state index in [1.54, 1.807) is 7.11 Å². The van der Waals surface area contributed by atoms with Crippen molar-refractivity contribution < 1.29 is 14.3 Å². The summed E-state index contributed by atoms with van der Waals surface area (Å²) in [6.07, 6.45) is 0. The number of nitrogens with one attached hydrogen (secondary N) is 2. The molecule has 156 valence electrons. The van der Waals surface area contributed by atoms with E-state index in [1.807, 2.05) is 60.7 Å². The van der Waals surface area contributed by atoms with Gasteiger partial charge in [0.05, 0.1) is 11.6 Å². The van der Waals surface area contributed by atoms with E-state index in [9.17, 15) is 4.79 Å². The average molecular weight is 490 g/mol. The van der Waals surface area contributed by atoms with Crippen LogP contribution in [0.3, 0.4) is 0 Å². The molecule has 0 atom stereocenters. The summed E-state index contributed by atoms with van der Waals surface area (Å²) in [5.41, 5.74) is 3.76. The lowest BCUT2D eigenvalue weighted by molar-refractivity contribution is -0.114. The van der Waals surface area contributed by atoms with Gasteiger partial charge in [-0.05, 0) is 75.6 Å². The molecule has 7 heteroatoms. The first-order valence-corrected chi connectivity index (χ1v) is 10.5. The van der Waals surface area contributed by atoms with Crippen molar-refractivity contribution in [2.24, 2.45) is 0 Å². The molecule has 0 unspecified atom stereocenters. The molecule has 5 nitrogen and oxygen atoms in total. The number of carbonyl (C=O) groups excluding carboxylic acids is 1. The Morgan fingerprint density at radius 1 is 1.00 bits per heavy atom. The summed E-state index contributed by atoms with van der Waals surface area (Å²) in [5.74, 6) is 1.21. The van der Waals surface area contributed by atoms with Crippen molar-refractivity contribution in [2.75, 3.05) is 17.7 Å². The Labute approximate surface area is 189 Å². The zero-order chi connectivity index (χ0) is 21.5. The predicted octanol–water partition coefficient (Wildman–Crippen LogP) is 6.26. The van der Waals surface area contributed by atoms with Gasteiger partial charge in [0.2, 0.25) is 5.91 Å². The number of carbonyl (C=O) groups is 1. The highest BCUT2D eigenvalue weighted by molar-refractivity contribution is 9.10. The van der Waals surface area contributed by atoms with Crippen molar-refractivity contribution >= 4 is 44.8 Å². The number of anilines is 2. The molecule has 0 bridgehead atoms. The van der Waals surface area contributed by atoms with Gasteiger partial charge in [0.25, 0.3) is 0 Å². The molecule has 0 aliphatic carbocycles. The number of hydrogen-bond donors (Lipinski definition) is 2. The number of rotatable bonds is 8. The van der Waals surface area contributed by atoms with Crippen LogP contribution >= 0.6 is 27.5 Å². The van der Waals surface area contributed by atoms with Crippen molar-refractivity contribution in [1.82, 2.24) is 0 Å². The maximum atomic E-state index is 11.1. The molecule has 3 aromatic rings. The molecule has 2 N–H and O–H groups in total. The third-order valence-corrected chi connectivity index (χ3v) is 5.13. The normalized spacial score (nSPS) is 10.4. The van der Waals surface area contributed by atoms with Crippen LogP contribution in [0.1, 0.15) is 18.1 Å². The van der Waals surface area contributed by atoms with Crippen LogP contribution in [0.4, 0.5) is 11.4 Å². The number of ether oxygens (including phenoxy) is 2. The van der Waals surface area contributed by atoms with Gasteiger partial charge in [0.15, 0.2) is 11.5 Å². The van der Waals surface area contributed by atoms with Crippen LogP contribution in [0.25, 0.3) is 0 Å². The maximum Gasteiger partial charge on any atom is 0.221 e. The third-order valence-electron chi connectivity index (χ3n) is 4.29. The van der Waals surface area contributed by atoms with Crippen molar-refractivity contribution in [3.8, 4) is 11.5 Å². The lowest BCUT2D eigenvalue weighted by Crippen LogP contribution is -2.06. The molecule has 3 aromatic carbocycles. The summed E-state index contributed by atoms with van der Waals surface area (Å²) in [5, 5.41) is 6.80. The third kappa shape index (κ3) is 6.15. The summed E-state index contributed by atoms with van der Waals surface area (Å²) in [4.78, 5) is 11.1. The van der Waals surface area contributed by atoms with Crippen molar-refractivity contribution in [1.29, 1.82) is 0 Å². The number of amides is 1. The number of methoxy groups -OCH3 is 1. The highest BCUT2D eigenvalue weighted by atomic mass is 79.9. The van der Waals surface area contributed by atoms with E-state index in [-0.39, 0.29) is 5.91 Å². The molecule has 1 amide bonds. The monoisotopic (exact) mass is 488 g/mol. The minimum Gasteiger partial charge on any atom is -0.493 e. The van der Waals surface area contributed by atoms with Crippen molar-refractivity contribution in [3.63, 3.8) is 0 Å².